The predicted octanol–water partition coefficient (Wildman–Crippen LogP) is 6.33. The van der Waals surface area contributed by atoms with Gasteiger partial charge in [0.05, 0.1) is 12.0 Å². The fraction of sp³-hybridized carbons (Fsp3) is 0.632. The molecule has 1 N–H and O–H groups in total. The summed E-state index contributed by atoms with van der Waals surface area (Å²) in [5.74, 6) is 0.405. The molecule has 0 aromatic heterocycles. The van der Waals surface area contributed by atoms with E-state index in [1.807, 2.05) is 0 Å². The molecule has 1 aromatic carbocycles. The summed E-state index contributed by atoms with van der Waals surface area (Å²) < 4.78 is 5.52. The van der Waals surface area contributed by atoms with Crippen molar-refractivity contribution in [2.45, 2.75) is 71.1 Å². The number of carbonyl (C=O) groups is 1. The van der Waals surface area contributed by atoms with E-state index in [1.54, 1.807) is 24.3 Å². The Labute approximate surface area is 145 Å². The Morgan fingerprint density at radius 2 is 1.52 bits per heavy atom. The minimum Gasteiger partial charge on any atom is -0.478 e. The van der Waals surface area contributed by atoms with Crippen molar-refractivity contribution in [3.05, 3.63) is 29.8 Å². The number of aromatic carboxylic acids is 1. The first-order valence-corrected chi connectivity index (χ1v) is 9.78. The number of hydrogen-bond donors (Lipinski definition) is 1. The first-order chi connectivity index (χ1) is 11.3. The van der Waals surface area contributed by atoms with Crippen LogP contribution in [0.5, 0.6) is 5.75 Å². The molecular weight excluding hydrogens is 308 g/mol. The Kier molecular flexibility index (Phi) is 11.5. The van der Waals surface area contributed by atoms with Gasteiger partial charge in [0, 0.05) is 5.75 Å². The maximum atomic E-state index is 11.1. The van der Waals surface area contributed by atoms with Crippen LogP contribution in [0.3, 0.4) is 0 Å². The summed E-state index contributed by atoms with van der Waals surface area (Å²) in [7, 11) is 0. The summed E-state index contributed by atoms with van der Waals surface area (Å²) in [6, 6.07) is 6.78. The van der Waals surface area contributed by atoms with Crippen LogP contribution in [0.4, 0.5) is 0 Å². The van der Waals surface area contributed by atoms with Crippen molar-refractivity contribution in [2.75, 3.05) is 5.75 Å². The van der Waals surface area contributed by atoms with Gasteiger partial charge in [-0.05, 0) is 18.6 Å². The van der Waals surface area contributed by atoms with Gasteiger partial charge in [0.2, 0.25) is 0 Å². The van der Waals surface area contributed by atoms with Gasteiger partial charge in [-0.25, -0.2) is 4.79 Å². The minimum atomic E-state index is -0.944. The normalized spacial score (nSPS) is 10.7. The van der Waals surface area contributed by atoms with E-state index in [-0.39, 0.29) is 5.56 Å². The predicted molar refractivity (Wildman–Crippen MR) is 98.3 cm³/mol. The maximum Gasteiger partial charge on any atom is 0.339 e. The molecule has 0 saturated heterocycles. The number of hydrogen-bond acceptors (Lipinski definition) is 3. The van der Waals surface area contributed by atoms with E-state index < -0.39 is 5.97 Å². The summed E-state index contributed by atoms with van der Waals surface area (Å²) in [6.45, 7) is 2.25. The minimum absolute atomic E-state index is 0.225. The van der Waals surface area contributed by atoms with E-state index in [2.05, 4.69) is 6.92 Å². The van der Waals surface area contributed by atoms with Crippen molar-refractivity contribution < 1.29 is 14.1 Å². The summed E-state index contributed by atoms with van der Waals surface area (Å²) in [5.41, 5.74) is 0.225. The summed E-state index contributed by atoms with van der Waals surface area (Å²) in [6.07, 6.45) is 13.2. The Hall–Kier alpha value is -1.16. The van der Waals surface area contributed by atoms with Gasteiger partial charge in [0.15, 0.2) is 5.75 Å². The molecule has 23 heavy (non-hydrogen) atoms. The van der Waals surface area contributed by atoms with E-state index in [4.69, 9.17) is 9.29 Å². The topological polar surface area (TPSA) is 46.5 Å². The van der Waals surface area contributed by atoms with Crippen LogP contribution in [0.15, 0.2) is 24.3 Å². The molecule has 0 fully saturated rings. The van der Waals surface area contributed by atoms with E-state index in [1.165, 1.54) is 69.8 Å². The van der Waals surface area contributed by atoms with Crippen molar-refractivity contribution in [1.82, 2.24) is 0 Å². The molecule has 1 aromatic rings. The summed E-state index contributed by atoms with van der Waals surface area (Å²) in [5, 5.41) is 9.07. The molecule has 3 nitrogen and oxygen atoms in total. The van der Waals surface area contributed by atoms with Crippen molar-refractivity contribution in [3.8, 4) is 5.75 Å². The second-order valence-electron chi connectivity index (χ2n) is 5.89. The van der Waals surface area contributed by atoms with Crippen LogP contribution in [0.25, 0.3) is 0 Å². The number of rotatable bonds is 14. The van der Waals surface area contributed by atoms with Gasteiger partial charge in [0.25, 0.3) is 0 Å². The van der Waals surface area contributed by atoms with Crippen molar-refractivity contribution in [2.24, 2.45) is 0 Å². The van der Waals surface area contributed by atoms with E-state index in [0.717, 1.165) is 12.2 Å². The highest BCUT2D eigenvalue weighted by molar-refractivity contribution is 7.95. The van der Waals surface area contributed by atoms with Gasteiger partial charge in [-0.2, -0.15) is 0 Å². The van der Waals surface area contributed by atoms with Crippen LogP contribution in [-0.2, 0) is 0 Å². The monoisotopic (exact) mass is 338 g/mol. The molecule has 4 heteroatoms. The zero-order chi connectivity index (χ0) is 16.8. The molecule has 0 spiro atoms. The van der Waals surface area contributed by atoms with Crippen LogP contribution in [-0.4, -0.2) is 16.8 Å². The number of carboxylic acid groups (broad SMARTS) is 1. The Balaban J connectivity index is 1.97. The standard InChI is InChI=1S/C19H30O3S/c1-2-3-4-5-6-7-8-9-10-13-16-23-22-18-15-12-11-14-17(18)19(20)21/h11-12,14-15H,2-10,13,16H2,1H3,(H,20,21). The summed E-state index contributed by atoms with van der Waals surface area (Å²) in [4.78, 5) is 11.1. The third-order valence-corrected chi connectivity index (χ3v) is 4.60. The van der Waals surface area contributed by atoms with Crippen LogP contribution < -0.4 is 4.18 Å². The van der Waals surface area contributed by atoms with Gasteiger partial charge in [-0.1, -0.05) is 76.8 Å². The average molecular weight is 339 g/mol. The molecule has 0 bridgehead atoms. The first kappa shape index (κ1) is 19.9. The fourth-order valence-corrected chi connectivity index (χ4v) is 3.15. The maximum absolute atomic E-state index is 11.1. The lowest BCUT2D eigenvalue weighted by atomic mass is 10.1. The smallest absolute Gasteiger partial charge is 0.339 e. The second-order valence-corrected chi connectivity index (χ2v) is 6.70. The third kappa shape index (κ3) is 9.54. The Morgan fingerprint density at radius 1 is 0.957 bits per heavy atom. The quantitative estimate of drug-likeness (QED) is 0.318. The average Bonchev–Trinajstić information content (AvgIpc) is 2.56. The lowest BCUT2D eigenvalue weighted by Crippen LogP contribution is -1.99. The molecule has 0 atom stereocenters. The number of para-hydroxylation sites is 1. The zero-order valence-corrected chi connectivity index (χ0v) is 15.1. The molecule has 0 amide bonds. The number of carboxylic acids is 1. The molecule has 0 saturated carbocycles. The second kappa shape index (κ2) is 13.3. The lowest BCUT2D eigenvalue weighted by Gasteiger charge is -2.07. The highest BCUT2D eigenvalue weighted by atomic mass is 32.2. The summed E-state index contributed by atoms with van der Waals surface area (Å²) >= 11 is 1.35. The van der Waals surface area contributed by atoms with Crippen LogP contribution in [0.2, 0.25) is 0 Å². The van der Waals surface area contributed by atoms with Gasteiger partial charge < -0.3 is 9.29 Å². The third-order valence-electron chi connectivity index (χ3n) is 3.85. The largest absolute Gasteiger partial charge is 0.478 e. The fourth-order valence-electron chi connectivity index (χ4n) is 2.47. The number of benzene rings is 1. The van der Waals surface area contributed by atoms with Crippen LogP contribution >= 0.6 is 12.0 Å². The molecular formula is C19H30O3S. The van der Waals surface area contributed by atoms with Gasteiger partial charge >= 0.3 is 5.97 Å². The molecule has 0 heterocycles. The highest BCUT2D eigenvalue weighted by Gasteiger charge is 2.10. The SMILES string of the molecule is CCCCCCCCCCCCSOc1ccccc1C(=O)O. The van der Waals surface area contributed by atoms with Crippen molar-refractivity contribution in [1.29, 1.82) is 0 Å². The molecule has 0 aliphatic heterocycles. The molecule has 130 valence electrons. The van der Waals surface area contributed by atoms with Crippen molar-refractivity contribution in [3.63, 3.8) is 0 Å². The number of unbranched alkanes of at least 4 members (excludes halogenated alkanes) is 9. The van der Waals surface area contributed by atoms with Crippen LogP contribution in [0.1, 0.15) is 81.5 Å². The van der Waals surface area contributed by atoms with E-state index >= 15 is 0 Å². The molecule has 0 aliphatic rings. The highest BCUT2D eigenvalue weighted by Crippen LogP contribution is 2.22. The Bertz CT molecular complexity index is 434. The molecule has 0 radical (unpaired) electrons. The lowest BCUT2D eigenvalue weighted by molar-refractivity contribution is 0.0695. The van der Waals surface area contributed by atoms with Gasteiger partial charge in [-0.15, -0.1) is 0 Å². The zero-order valence-electron chi connectivity index (χ0n) is 14.3. The van der Waals surface area contributed by atoms with Gasteiger partial charge in [0.1, 0.15) is 5.56 Å². The van der Waals surface area contributed by atoms with Gasteiger partial charge in [-0.3, -0.25) is 0 Å². The Morgan fingerprint density at radius 3 is 2.13 bits per heavy atom. The molecule has 0 aliphatic carbocycles. The van der Waals surface area contributed by atoms with Crippen LogP contribution in [0, 0.1) is 0 Å². The molecule has 0 unspecified atom stereocenters. The van der Waals surface area contributed by atoms with E-state index in [0.29, 0.717) is 5.75 Å². The molecule has 1 rings (SSSR count). The first-order valence-electron chi connectivity index (χ1n) is 8.87. The van der Waals surface area contributed by atoms with E-state index in [9.17, 15) is 4.79 Å². The van der Waals surface area contributed by atoms with Crippen molar-refractivity contribution >= 4 is 18.0 Å².